The second-order valence-corrected chi connectivity index (χ2v) is 5.49. The Kier molecular flexibility index (Phi) is 3.79. The van der Waals surface area contributed by atoms with Gasteiger partial charge in [-0.25, -0.2) is 0 Å². The average Bonchev–Trinajstić information content (AvgIpc) is 3.26. The molecule has 6 heteroatoms. The van der Waals surface area contributed by atoms with Gasteiger partial charge in [-0.2, -0.15) is 10.4 Å². The van der Waals surface area contributed by atoms with Crippen LogP contribution in [0.5, 0.6) is 0 Å². The summed E-state index contributed by atoms with van der Waals surface area (Å²) in [6.07, 6.45) is 4.22. The van der Waals surface area contributed by atoms with Crippen molar-refractivity contribution in [1.29, 1.82) is 5.26 Å². The monoisotopic (exact) mass is 295 g/mol. The molecule has 0 unspecified atom stereocenters. The highest BCUT2D eigenvalue weighted by molar-refractivity contribution is 5.98. The number of amides is 1. The maximum Gasteiger partial charge on any atom is 0.254 e. The van der Waals surface area contributed by atoms with Gasteiger partial charge in [-0.05, 0) is 30.9 Å². The highest BCUT2D eigenvalue weighted by Crippen LogP contribution is 2.41. The van der Waals surface area contributed by atoms with E-state index in [2.05, 4.69) is 16.5 Å². The van der Waals surface area contributed by atoms with E-state index < -0.39 is 5.91 Å². The van der Waals surface area contributed by atoms with Crippen LogP contribution in [0.1, 0.15) is 35.7 Å². The van der Waals surface area contributed by atoms with Gasteiger partial charge in [-0.3, -0.25) is 9.48 Å². The molecule has 6 nitrogen and oxygen atoms in total. The first-order chi connectivity index (χ1) is 10.7. The molecule has 1 aromatic carbocycles. The van der Waals surface area contributed by atoms with E-state index in [1.165, 1.54) is 0 Å². The number of primary amides is 1. The lowest BCUT2D eigenvalue weighted by molar-refractivity contribution is 0.100. The minimum atomic E-state index is -0.531. The Labute approximate surface area is 128 Å². The number of benzene rings is 1. The second kappa shape index (κ2) is 5.90. The number of nitrogens with zero attached hydrogens (tertiary/aromatic N) is 3. The van der Waals surface area contributed by atoms with Gasteiger partial charge in [-0.1, -0.05) is 18.2 Å². The molecule has 1 saturated carbocycles. The highest BCUT2D eigenvalue weighted by Gasteiger charge is 2.33. The van der Waals surface area contributed by atoms with Crippen LogP contribution in [0.25, 0.3) is 0 Å². The lowest BCUT2D eigenvalue weighted by Gasteiger charge is -2.12. The molecule has 0 saturated heterocycles. The van der Waals surface area contributed by atoms with Crippen molar-refractivity contribution in [1.82, 2.24) is 9.78 Å². The van der Waals surface area contributed by atoms with Crippen LogP contribution < -0.4 is 11.1 Å². The molecule has 1 aliphatic carbocycles. The predicted octanol–water partition coefficient (Wildman–Crippen LogP) is 2.59. The van der Waals surface area contributed by atoms with Crippen LogP contribution in [0.2, 0.25) is 0 Å². The molecule has 0 aliphatic heterocycles. The third-order valence-corrected chi connectivity index (χ3v) is 3.84. The third-order valence-electron chi connectivity index (χ3n) is 3.84. The van der Waals surface area contributed by atoms with E-state index in [1.54, 1.807) is 10.9 Å². The van der Waals surface area contributed by atoms with Gasteiger partial charge in [0.1, 0.15) is 5.56 Å². The highest BCUT2D eigenvalue weighted by atomic mass is 16.1. The summed E-state index contributed by atoms with van der Waals surface area (Å²) in [4.78, 5) is 11.7. The number of para-hydroxylation sites is 1. The van der Waals surface area contributed by atoms with Crippen molar-refractivity contribution in [3.05, 3.63) is 42.1 Å². The van der Waals surface area contributed by atoms with Gasteiger partial charge in [0.25, 0.3) is 5.91 Å². The van der Waals surface area contributed by atoms with Gasteiger partial charge < -0.3 is 11.1 Å². The maximum absolute atomic E-state index is 11.7. The maximum atomic E-state index is 11.7. The summed E-state index contributed by atoms with van der Waals surface area (Å²) in [5, 5.41) is 16.6. The minimum Gasteiger partial charge on any atom is -0.365 e. The lowest BCUT2D eigenvalue weighted by atomic mass is 10.1. The molecule has 3 rings (SSSR count). The largest absolute Gasteiger partial charge is 0.365 e. The number of aromatic nitrogens is 2. The summed E-state index contributed by atoms with van der Waals surface area (Å²) in [5.41, 5.74) is 6.62. The molecular formula is C16H17N5O. The molecule has 22 heavy (non-hydrogen) atoms. The molecule has 1 aliphatic rings. The normalized spacial score (nSPS) is 15.0. The van der Waals surface area contributed by atoms with Crippen molar-refractivity contribution in [3.63, 3.8) is 0 Å². The SMILES string of the molecule is N#CC[C@H](C1CC1)n1cc(C(N)=O)c(Nc2ccccc2)n1. The quantitative estimate of drug-likeness (QED) is 0.856. The summed E-state index contributed by atoms with van der Waals surface area (Å²) in [6.45, 7) is 0. The predicted molar refractivity (Wildman–Crippen MR) is 82.5 cm³/mol. The number of hydrogen-bond acceptors (Lipinski definition) is 4. The van der Waals surface area contributed by atoms with Crippen LogP contribution in [0.3, 0.4) is 0 Å². The van der Waals surface area contributed by atoms with Crippen molar-refractivity contribution in [2.24, 2.45) is 11.7 Å². The molecule has 0 bridgehead atoms. The lowest BCUT2D eigenvalue weighted by Crippen LogP contribution is -2.12. The summed E-state index contributed by atoms with van der Waals surface area (Å²) in [5.74, 6) is 0.364. The van der Waals surface area contributed by atoms with E-state index >= 15 is 0 Å². The fourth-order valence-corrected chi connectivity index (χ4v) is 2.54. The van der Waals surface area contributed by atoms with Crippen molar-refractivity contribution in [2.75, 3.05) is 5.32 Å². The first-order valence-corrected chi connectivity index (χ1v) is 7.27. The van der Waals surface area contributed by atoms with Crippen molar-refractivity contribution >= 4 is 17.4 Å². The zero-order valence-corrected chi connectivity index (χ0v) is 12.1. The van der Waals surface area contributed by atoms with Crippen LogP contribution >= 0.6 is 0 Å². The van der Waals surface area contributed by atoms with Gasteiger partial charge in [0.2, 0.25) is 0 Å². The number of nitrogens with two attached hydrogens (primary N) is 1. The smallest absolute Gasteiger partial charge is 0.254 e. The summed E-state index contributed by atoms with van der Waals surface area (Å²) >= 11 is 0. The molecule has 1 amide bonds. The van der Waals surface area contributed by atoms with E-state index in [4.69, 9.17) is 11.0 Å². The van der Waals surface area contributed by atoms with Gasteiger partial charge >= 0.3 is 0 Å². The van der Waals surface area contributed by atoms with Crippen LogP contribution in [0.4, 0.5) is 11.5 Å². The Hall–Kier alpha value is -2.81. The number of carbonyl (C=O) groups excluding carboxylic acids is 1. The van der Waals surface area contributed by atoms with Crippen molar-refractivity contribution in [2.45, 2.75) is 25.3 Å². The third kappa shape index (κ3) is 2.93. The van der Waals surface area contributed by atoms with Gasteiger partial charge in [0, 0.05) is 11.9 Å². The van der Waals surface area contributed by atoms with E-state index in [0.717, 1.165) is 18.5 Å². The first-order valence-electron chi connectivity index (χ1n) is 7.27. The molecule has 1 aromatic heterocycles. The standard InChI is InChI=1S/C16H17N5O/c17-9-8-14(11-6-7-11)21-10-13(15(18)22)16(20-21)19-12-4-2-1-3-5-12/h1-5,10-11,14H,6-8H2,(H2,18,22)(H,19,20)/t14-/m1/s1. The molecule has 1 atom stereocenters. The Morgan fingerprint density at radius 1 is 1.45 bits per heavy atom. The number of nitriles is 1. The zero-order chi connectivity index (χ0) is 15.5. The van der Waals surface area contributed by atoms with Crippen LogP contribution in [-0.2, 0) is 0 Å². The van der Waals surface area contributed by atoms with Crippen LogP contribution in [0, 0.1) is 17.2 Å². The Morgan fingerprint density at radius 3 is 2.77 bits per heavy atom. The summed E-state index contributed by atoms with van der Waals surface area (Å²) in [6, 6.07) is 11.7. The average molecular weight is 295 g/mol. The molecule has 1 fully saturated rings. The van der Waals surface area contributed by atoms with E-state index in [9.17, 15) is 4.79 Å². The van der Waals surface area contributed by atoms with Crippen molar-refractivity contribution in [3.8, 4) is 6.07 Å². The topological polar surface area (TPSA) is 96.7 Å². The van der Waals surface area contributed by atoms with E-state index in [1.807, 2.05) is 30.3 Å². The Morgan fingerprint density at radius 2 is 2.18 bits per heavy atom. The zero-order valence-electron chi connectivity index (χ0n) is 12.1. The Balaban J connectivity index is 1.92. The summed E-state index contributed by atoms with van der Waals surface area (Å²) in [7, 11) is 0. The number of hydrogen-bond donors (Lipinski definition) is 2. The van der Waals surface area contributed by atoms with Crippen molar-refractivity contribution < 1.29 is 4.79 Å². The molecule has 112 valence electrons. The van der Waals surface area contributed by atoms with Crippen LogP contribution in [-0.4, -0.2) is 15.7 Å². The molecule has 1 heterocycles. The summed E-state index contributed by atoms with van der Waals surface area (Å²) < 4.78 is 1.71. The second-order valence-electron chi connectivity index (χ2n) is 5.49. The molecule has 0 radical (unpaired) electrons. The molecular weight excluding hydrogens is 278 g/mol. The Bertz CT molecular complexity index is 712. The molecule has 3 N–H and O–H groups in total. The van der Waals surface area contributed by atoms with E-state index in [-0.39, 0.29) is 6.04 Å². The molecule has 0 spiro atoms. The van der Waals surface area contributed by atoms with E-state index in [0.29, 0.717) is 23.7 Å². The fourth-order valence-electron chi connectivity index (χ4n) is 2.54. The number of anilines is 2. The van der Waals surface area contributed by atoms with Gasteiger partial charge in [-0.15, -0.1) is 0 Å². The van der Waals surface area contributed by atoms with Crippen LogP contribution in [0.15, 0.2) is 36.5 Å². The number of carbonyl (C=O) groups is 1. The number of nitrogens with one attached hydrogen (secondary N) is 1. The minimum absolute atomic E-state index is 0.00873. The first kappa shape index (κ1) is 14.1. The van der Waals surface area contributed by atoms with Gasteiger partial charge in [0.15, 0.2) is 5.82 Å². The van der Waals surface area contributed by atoms with Gasteiger partial charge in [0.05, 0.1) is 18.5 Å². The number of rotatable bonds is 6. The fraction of sp³-hybridized carbons (Fsp3) is 0.312. The molecule has 2 aromatic rings.